The highest BCUT2D eigenvalue weighted by Gasteiger charge is 2.26. The summed E-state index contributed by atoms with van der Waals surface area (Å²) in [6, 6.07) is 21.0. The average Bonchev–Trinajstić information content (AvgIpc) is 3.30. The number of hydrogen-bond donors (Lipinski definition) is 4. The summed E-state index contributed by atoms with van der Waals surface area (Å²) in [4.78, 5) is 33.7. The second-order valence-electron chi connectivity index (χ2n) is 8.59. The van der Waals surface area contributed by atoms with Crippen molar-refractivity contribution < 1.29 is 9.59 Å². The van der Waals surface area contributed by atoms with E-state index in [1.807, 2.05) is 72.9 Å². The number of pyridine rings is 1. The number of hydrogen-bond acceptors (Lipinski definition) is 4. The van der Waals surface area contributed by atoms with Gasteiger partial charge in [-0.3, -0.25) is 14.6 Å². The van der Waals surface area contributed by atoms with Gasteiger partial charge >= 0.3 is 0 Å². The van der Waals surface area contributed by atoms with Crippen molar-refractivity contribution in [1.29, 1.82) is 0 Å². The van der Waals surface area contributed by atoms with Crippen molar-refractivity contribution in [3.63, 3.8) is 0 Å². The number of carbonyl (C=O) groups is 2. The van der Waals surface area contributed by atoms with Gasteiger partial charge in [0.15, 0.2) is 0 Å². The Bertz CT molecular complexity index is 1250. The molecule has 0 saturated heterocycles. The van der Waals surface area contributed by atoms with Gasteiger partial charge in [0.1, 0.15) is 6.04 Å². The van der Waals surface area contributed by atoms with E-state index < -0.39 is 6.04 Å². The van der Waals surface area contributed by atoms with Crippen LogP contribution in [-0.2, 0) is 28.9 Å². The van der Waals surface area contributed by atoms with Crippen molar-refractivity contribution in [1.82, 2.24) is 20.6 Å². The van der Waals surface area contributed by atoms with Gasteiger partial charge < -0.3 is 15.6 Å². The van der Waals surface area contributed by atoms with E-state index in [2.05, 4.69) is 33.2 Å². The van der Waals surface area contributed by atoms with Gasteiger partial charge in [0.25, 0.3) is 0 Å². The van der Waals surface area contributed by atoms with Gasteiger partial charge in [-0.1, -0.05) is 48.5 Å². The van der Waals surface area contributed by atoms with Gasteiger partial charge in [0.2, 0.25) is 11.8 Å². The molecule has 0 radical (unpaired) electrons. The predicted octanol–water partition coefficient (Wildman–Crippen LogP) is 4.16. The molecular formula is C28H31ClN4O2S. The number of H-pyrrole nitrogens is 1. The molecule has 2 aromatic heterocycles. The summed E-state index contributed by atoms with van der Waals surface area (Å²) in [6.07, 6.45) is 7.04. The molecular weight excluding hydrogens is 492 g/mol. The van der Waals surface area contributed by atoms with Crippen molar-refractivity contribution in [3.05, 3.63) is 102 Å². The third-order valence-electron chi connectivity index (χ3n) is 6.11. The summed E-state index contributed by atoms with van der Waals surface area (Å²) >= 11 is 4.42. The number of para-hydroxylation sites is 1. The van der Waals surface area contributed by atoms with Gasteiger partial charge in [0, 0.05) is 48.2 Å². The first-order chi connectivity index (χ1) is 17.1. The number of aromatic nitrogens is 2. The van der Waals surface area contributed by atoms with Gasteiger partial charge in [0.05, 0.1) is 5.92 Å². The Balaban J connectivity index is 0.00000361. The van der Waals surface area contributed by atoms with E-state index >= 15 is 0 Å². The first-order valence-electron chi connectivity index (χ1n) is 11.8. The third kappa shape index (κ3) is 7.35. The molecule has 0 aliphatic heterocycles. The molecule has 4 rings (SSSR count). The minimum atomic E-state index is -0.697. The zero-order valence-electron chi connectivity index (χ0n) is 19.9. The van der Waals surface area contributed by atoms with Gasteiger partial charge in [-0.05, 0) is 47.7 Å². The fourth-order valence-electron chi connectivity index (χ4n) is 4.16. The second kappa shape index (κ2) is 13.7. The van der Waals surface area contributed by atoms with Gasteiger partial charge in [-0.15, -0.1) is 12.4 Å². The van der Waals surface area contributed by atoms with Crippen LogP contribution in [0.5, 0.6) is 0 Å². The van der Waals surface area contributed by atoms with E-state index in [9.17, 15) is 9.59 Å². The fraction of sp³-hybridized carbons (Fsp3) is 0.250. The van der Waals surface area contributed by atoms with E-state index in [1.54, 1.807) is 12.4 Å². The molecule has 3 N–H and O–H groups in total. The molecule has 8 heteroatoms. The number of halogens is 1. The monoisotopic (exact) mass is 522 g/mol. The van der Waals surface area contributed by atoms with Crippen molar-refractivity contribution >= 4 is 47.8 Å². The maximum atomic E-state index is 13.2. The molecule has 0 unspecified atom stereocenters. The van der Waals surface area contributed by atoms with Crippen molar-refractivity contribution in [3.8, 4) is 0 Å². The SMILES string of the molecule is Cl.O=C(N[C@@H](Cc1c[nH]c2ccccc12)C(=O)NCCc1ccncc1)[C@H](CS)Cc1ccccc1. The van der Waals surface area contributed by atoms with Crippen LogP contribution in [0.4, 0.5) is 0 Å². The van der Waals surface area contributed by atoms with Crippen LogP contribution >= 0.6 is 25.0 Å². The molecule has 0 aliphatic carbocycles. The van der Waals surface area contributed by atoms with Crippen molar-refractivity contribution in [2.75, 3.05) is 12.3 Å². The topological polar surface area (TPSA) is 86.9 Å². The first kappa shape index (κ1) is 27.3. The lowest BCUT2D eigenvalue weighted by Crippen LogP contribution is -2.50. The molecule has 2 aromatic carbocycles. The number of fused-ring (bicyclic) bond motifs is 1. The molecule has 0 saturated carbocycles. The number of nitrogens with zero attached hydrogens (tertiary/aromatic N) is 1. The Morgan fingerprint density at radius 3 is 2.36 bits per heavy atom. The van der Waals surface area contributed by atoms with Crippen LogP contribution in [0, 0.1) is 5.92 Å². The van der Waals surface area contributed by atoms with E-state index in [-0.39, 0.29) is 30.1 Å². The Morgan fingerprint density at radius 2 is 1.61 bits per heavy atom. The number of carbonyl (C=O) groups excluding carboxylic acids is 2. The third-order valence-corrected chi connectivity index (χ3v) is 6.55. The molecule has 2 atom stereocenters. The van der Waals surface area contributed by atoms with Crippen LogP contribution < -0.4 is 10.6 Å². The Kier molecular flexibility index (Phi) is 10.4. The molecule has 0 bridgehead atoms. The lowest BCUT2D eigenvalue weighted by atomic mass is 9.98. The van der Waals surface area contributed by atoms with Crippen LogP contribution in [0.3, 0.4) is 0 Å². The van der Waals surface area contributed by atoms with E-state index in [4.69, 9.17) is 0 Å². The standard InChI is InChI=1S/C28H30N4O2S.ClH/c33-27(23(19-35)16-21-6-2-1-3-7-21)32-26(17-22-18-31-25-9-5-4-8-24(22)25)28(34)30-15-12-20-10-13-29-14-11-20;/h1-11,13-14,18,23,26,31,35H,12,15-17,19H2,(H,30,34)(H,32,33);1H/t23-,26-;/m0./s1. The summed E-state index contributed by atoms with van der Waals surface area (Å²) in [7, 11) is 0. The predicted molar refractivity (Wildman–Crippen MR) is 150 cm³/mol. The van der Waals surface area contributed by atoms with Crippen molar-refractivity contribution in [2.45, 2.75) is 25.3 Å². The minimum Gasteiger partial charge on any atom is -0.361 e. The number of rotatable bonds is 11. The maximum absolute atomic E-state index is 13.2. The Labute approximate surface area is 223 Å². The van der Waals surface area contributed by atoms with Crippen LogP contribution in [-0.4, -0.2) is 40.1 Å². The summed E-state index contributed by atoms with van der Waals surface area (Å²) in [6.45, 7) is 0.475. The highest BCUT2D eigenvalue weighted by Crippen LogP contribution is 2.20. The first-order valence-corrected chi connectivity index (χ1v) is 12.4. The zero-order chi connectivity index (χ0) is 24.5. The van der Waals surface area contributed by atoms with Gasteiger partial charge in [-0.2, -0.15) is 12.6 Å². The second-order valence-corrected chi connectivity index (χ2v) is 8.96. The van der Waals surface area contributed by atoms with E-state index in [0.29, 0.717) is 31.6 Å². The lowest BCUT2D eigenvalue weighted by Gasteiger charge is -2.22. The molecule has 6 nitrogen and oxygen atoms in total. The number of thiol groups is 1. The van der Waals surface area contributed by atoms with Gasteiger partial charge in [-0.25, -0.2) is 0 Å². The number of nitrogens with one attached hydrogen (secondary N) is 3. The highest BCUT2D eigenvalue weighted by molar-refractivity contribution is 7.80. The molecule has 188 valence electrons. The largest absolute Gasteiger partial charge is 0.361 e. The number of aromatic amines is 1. The molecule has 0 aliphatic rings. The Morgan fingerprint density at radius 1 is 0.889 bits per heavy atom. The van der Waals surface area contributed by atoms with Crippen molar-refractivity contribution in [2.24, 2.45) is 5.92 Å². The van der Waals surface area contributed by atoms with Crippen LogP contribution in [0.25, 0.3) is 10.9 Å². The summed E-state index contributed by atoms with van der Waals surface area (Å²) in [5.74, 6) is -0.311. The van der Waals surface area contributed by atoms with Crippen LogP contribution in [0.1, 0.15) is 16.7 Å². The zero-order valence-corrected chi connectivity index (χ0v) is 21.6. The smallest absolute Gasteiger partial charge is 0.242 e. The molecule has 2 amide bonds. The minimum absolute atomic E-state index is 0. The van der Waals surface area contributed by atoms with E-state index in [0.717, 1.165) is 27.6 Å². The maximum Gasteiger partial charge on any atom is 0.242 e. The molecule has 0 fully saturated rings. The van der Waals surface area contributed by atoms with Crippen LogP contribution in [0.2, 0.25) is 0 Å². The summed E-state index contributed by atoms with van der Waals surface area (Å²) < 4.78 is 0. The van der Waals surface area contributed by atoms with Crippen LogP contribution in [0.15, 0.2) is 85.3 Å². The molecule has 2 heterocycles. The summed E-state index contributed by atoms with van der Waals surface area (Å²) in [5.41, 5.74) is 4.15. The average molecular weight is 523 g/mol. The van der Waals surface area contributed by atoms with E-state index in [1.165, 1.54) is 0 Å². The number of amides is 2. The fourth-order valence-corrected chi connectivity index (χ4v) is 4.46. The Hall–Kier alpha value is -3.29. The summed E-state index contributed by atoms with van der Waals surface area (Å²) in [5, 5.41) is 7.06. The number of benzene rings is 2. The molecule has 36 heavy (non-hydrogen) atoms. The lowest BCUT2D eigenvalue weighted by molar-refractivity contribution is -0.130. The molecule has 4 aromatic rings. The highest BCUT2D eigenvalue weighted by atomic mass is 35.5. The quantitative estimate of drug-likeness (QED) is 0.223. The normalized spacial score (nSPS) is 12.4. The molecule has 0 spiro atoms.